The summed E-state index contributed by atoms with van der Waals surface area (Å²) in [6.45, 7) is 6.24. The highest BCUT2D eigenvalue weighted by Gasteiger charge is 2.27. The van der Waals surface area contributed by atoms with Gasteiger partial charge in [0.25, 0.3) is 0 Å². The van der Waals surface area contributed by atoms with Crippen LogP contribution in [0.4, 0.5) is 4.39 Å². The standard InChI is InChI=1S/C14H18FN2.BrH/c1-12(2)9-17(8-7-16-11-17)10-13-3-5-14(15)6-4-13;/h3-8,11-12H,9-10H2,1-2H3;1H/q+1;/p-1. The van der Waals surface area contributed by atoms with Gasteiger partial charge in [-0.3, -0.25) is 0 Å². The van der Waals surface area contributed by atoms with E-state index in [2.05, 4.69) is 25.0 Å². The topological polar surface area (TPSA) is 12.4 Å². The van der Waals surface area contributed by atoms with Gasteiger partial charge in [-0.1, -0.05) is 26.0 Å². The minimum Gasteiger partial charge on any atom is -1.00 e. The Labute approximate surface area is 118 Å². The largest absolute Gasteiger partial charge is 1.00 e. The van der Waals surface area contributed by atoms with E-state index >= 15 is 0 Å². The molecule has 1 atom stereocenters. The summed E-state index contributed by atoms with van der Waals surface area (Å²) in [6, 6.07) is 6.71. The molecular formula is C14H18BrFN2. The van der Waals surface area contributed by atoms with Crippen LogP contribution in [-0.4, -0.2) is 17.4 Å². The van der Waals surface area contributed by atoms with E-state index in [4.69, 9.17) is 0 Å². The van der Waals surface area contributed by atoms with E-state index in [1.165, 1.54) is 12.1 Å². The number of benzene rings is 1. The molecule has 98 valence electrons. The van der Waals surface area contributed by atoms with Crippen molar-refractivity contribution in [1.29, 1.82) is 0 Å². The summed E-state index contributed by atoms with van der Waals surface area (Å²) in [5, 5.41) is 0. The van der Waals surface area contributed by atoms with E-state index in [1.54, 1.807) is 0 Å². The van der Waals surface area contributed by atoms with E-state index in [-0.39, 0.29) is 22.8 Å². The highest BCUT2D eigenvalue weighted by molar-refractivity contribution is 5.51. The second-order valence-corrected chi connectivity index (χ2v) is 5.03. The maximum absolute atomic E-state index is 12.9. The van der Waals surface area contributed by atoms with Crippen LogP contribution in [0.15, 0.2) is 41.7 Å². The molecule has 0 N–H and O–H groups in total. The molecule has 0 saturated carbocycles. The lowest BCUT2D eigenvalue weighted by molar-refractivity contribution is -0.797. The van der Waals surface area contributed by atoms with Gasteiger partial charge < -0.3 is 17.0 Å². The lowest BCUT2D eigenvalue weighted by atomic mass is 10.1. The Morgan fingerprint density at radius 1 is 1.22 bits per heavy atom. The SMILES string of the molecule is CC(C)C[N+]1(Cc2ccc(F)cc2)C=CN=C1.[Br-]. The molecule has 0 aliphatic carbocycles. The summed E-state index contributed by atoms with van der Waals surface area (Å²) in [4.78, 5) is 4.20. The summed E-state index contributed by atoms with van der Waals surface area (Å²) in [7, 11) is 0. The number of quaternary nitrogens is 1. The van der Waals surface area contributed by atoms with Crippen molar-refractivity contribution in [2.75, 3.05) is 6.54 Å². The summed E-state index contributed by atoms with van der Waals surface area (Å²) < 4.78 is 13.6. The van der Waals surface area contributed by atoms with Crippen LogP contribution in [0, 0.1) is 11.7 Å². The zero-order chi connectivity index (χ0) is 12.3. The first kappa shape index (κ1) is 15.1. The van der Waals surface area contributed by atoms with Crippen LogP contribution < -0.4 is 17.0 Å². The molecule has 1 aliphatic heterocycles. The third kappa shape index (κ3) is 3.75. The second kappa shape index (κ2) is 6.25. The summed E-state index contributed by atoms with van der Waals surface area (Å²) in [6.07, 6.45) is 5.90. The van der Waals surface area contributed by atoms with Crippen molar-refractivity contribution in [2.24, 2.45) is 10.9 Å². The molecule has 2 nitrogen and oxygen atoms in total. The number of nitrogens with zero attached hydrogens (tertiary/aromatic N) is 2. The molecule has 0 amide bonds. The number of halogens is 2. The smallest absolute Gasteiger partial charge is 0.195 e. The van der Waals surface area contributed by atoms with Gasteiger partial charge in [0.1, 0.15) is 18.6 Å². The molecule has 1 aliphatic rings. The maximum atomic E-state index is 12.9. The molecule has 0 fully saturated rings. The third-order valence-corrected chi connectivity index (χ3v) is 2.84. The molecule has 2 rings (SSSR count). The van der Waals surface area contributed by atoms with Gasteiger partial charge in [-0.25, -0.2) is 13.9 Å². The Morgan fingerprint density at radius 3 is 2.39 bits per heavy atom. The molecule has 1 heterocycles. The first-order valence-electron chi connectivity index (χ1n) is 5.93. The fraction of sp³-hybridized carbons (Fsp3) is 0.357. The van der Waals surface area contributed by atoms with Crippen molar-refractivity contribution in [3.8, 4) is 0 Å². The van der Waals surface area contributed by atoms with Crippen LogP contribution in [0.2, 0.25) is 0 Å². The molecule has 1 aromatic rings. The number of hydrogen-bond acceptors (Lipinski definition) is 1. The first-order valence-corrected chi connectivity index (χ1v) is 5.93. The quantitative estimate of drug-likeness (QED) is 0.710. The van der Waals surface area contributed by atoms with E-state index in [0.717, 1.165) is 23.1 Å². The normalized spacial score (nSPS) is 21.3. The fourth-order valence-electron chi connectivity index (χ4n) is 2.26. The van der Waals surface area contributed by atoms with Gasteiger partial charge in [0.05, 0.1) is 12.7 Å². The molecule has 0 aromatic heterocycles. The van der Waals surface area contributed by atoms with E-state index in [1.807, 2.05) is 24.7 Å². The van der Waals surface area contributed by atoms with Crippen LogP contribution in [-0.2, 0) is 6.54 Å². The second-order valence-electron chi connectivity index (χ2n) is 5.03. The Bertz CT molecular complexity index is 426. The van der Waals surface area contributed by atoms with Crippen LogP contribution in [0.5, 0.6) is 0 Å². The molecule has 18 heavy (non-hydrogen) atoms. The van der Waals surface area contributed by atoms with Gasteiger partial charge in [0.2, 0.25) is 0 Å². The Morgan fingerprint density at radius 2 is 1.89 bits per heavy atom. The van der Waals surface area contributed by atoms with Crippen molar-refractivity contribution >= 4 is 6.34 Å². The molecule has 0 spiro atoms. The molecule has 0 radical (unpaired) electrons. The monoisotopic (exact) mass is 312 g/mol. The van der Waals surface area contributed by atoms with Crippen molar-refractivity contribution in [2.45, 2.75) is 20.4 Å². The Hall–Kier alpha value is -1.00. The molecular weight excluding hydrogens is 295 g/mol. The Kier molecular flexibility index (Phi) is 5.23. The van der Waals surface area contributed by atoms with Crippen molar-refractivity contribution in [3.63, 3.8) is 0 Å². The first-order chi connectivity index (χ1) is 8.10. The van der Waals surface area contributed by atoms with Crippen LogP contribution >= 0.6 is 0 Å². The average molecular weight is 313 g/mol. The van der Waals surface area contributed by atoms with Crippen LogP contribution in [0.25, 0.3) is 0 Å². The molecule has 1 unspecified atom stereocenters. The van der Waals surface area contributed by atoms with E-state index < -0.39 is 0 Å². The van der Waals surface area contributed by atoms with Gasteiger partial charge in [0, 0.05) is 11.5 Å². The van der Waals surface area contributed by atoms with Crippen LogP contribution in [0.1, 0.15) is 19.4 Å². The third-order valence-electron chi connectivity index (χ3n) is 2.84. The van der Waals surface area contributed by atoms with Crippen LogP contribution in [0.3, 0.4) is 0 Å². The van der Waals surface area contributed by atoms with E-state index in [9.17, 15) is 4.39 Å². The number of rotatable bonds is 4. The van der Waals surface area contributed by atoms with Crippen molar-refractivity contribution in [3.05, 3.63) is 48.0 Å². The fourth-order valence-corrected chi connectivity index (χ4v) is 2.26. The summed E-state index contributed by atoms with van der Waals surface area (Å²) in [5.74, 6) is 0.402. The van der Waals surface area contributed by atoms with Crippen molar-refractivity contribution < 1.29 is 25.9 Å². The molecule has 4 heteroatoms. The van der Waals surface area contributed by atoms with Gasteiger partial charge in [-0.2, -0.15) is 0 Å². The lowest BCUT2D eigenvalue weighted by Gasteiger charge is -2.29. The van der Waals surface area contributed by atoms with Gasteiger partial charge in [-0.15, -0.1) is 0 Å². The maximum Gasteiger partial charge on any atom is 0.195 e. The van der Waals surface area contributed by atoms with Crippen molar-refractivity contribution in [1.82, 2.24) is 0 Å². The predicted molar refractivity (Wildman–Crippen MR) is 67.7 cm³/mol. The average Bonchev–Trinajstić information content (AvgIpc) is 2.69. The molecule has 1 aromatic carbocycles. The summed E-state index contributed by atoms with van der Waals surface area (Å²) >= 11 is 0. The molecule has 0 saturated heterocycles. The highest BCUT2D eigenvalue weighted by Crippen LogP contribution is 2.20. The predicted octanol–water partition coefficient (Wildman–Crippen LogP) is 0.316. The van der Waals surface area contributed by atoms with E-state index in [0.29, 0.717) is 5.92 Å². The molecule has 0 bridgehead atoms. The number of aliphatic imine (C=N–C) groups is 1. The van der Waals surface area contributed by atoms with Gasteiger partial charge >= 0.3 is 0 Å². The number of hydrogen-bond donors (Lipinski definition) is 0. The zero-order valence-corrected chi connectivity index (χ0v) is 12.3. The lowest BCUT2D eigenvalue weighted by Crippen LogP contribution is -3.00. The summed E-state index contributed by atoms with van der Waals surface area (Å²) in [5.41, 5.74) is 1.13. The zero-order valence-electron chi connectivity index (χ0n) is 10.7. The minimum atomic E-state index is -0.185. The minimum absolute atomic E-state index is 0. The van der Waals surface area contributed by atoms with Gasteiger partial charge in [-0.05, 0) is 12.1 Å². The Balaban J connectivity index is 0.00000162. The van der Waals surface area contributed by atoms with Gasteiger partial charge in [0.15, 0.2) is 6.34 Å². The highest BCUT2D eigenvalue weighted by atomic mass is 79.9.